The van der Waals surface area contributed by atoms with E-state index >= 15 is 0 Å². The standard InChI is InChI=1S/C21H30N2O4/c1-20(2,23-7-10-26-11-8-23)14-22-19(24)17-13-21(17)6-9-27-18-5-4-15(25-3)12-16(18)21/h4-5,12,17H,6-11,13-14H2,1-3H3,(H,22,24)/t17-,21-/m1/s1. The van der Waals surface area contributed by atoms with Gasteiger partial charge in [0.05, 0.1) is 26.9 Å². The Morgan fingerprint density at radius 3 is 2.85 bits per heavy atom. The number of morpholine rings is 1. The largest absolute Gasteiger partial charge is 0.497 e. The molecule has 2 fully saturated rings. The molecule has 1 N–H and O–H groups in total. The number of amides is 1. The van der Waals surface area contributed by atoms with Gasteiger partial charge in [-0.3, -0.25) is 9.69 Å². The Morgan fingerprint density at radius 2 is 2.11 bits per heavy atom. The first-order valence-electron chi connectivity index (χ1n) is 9.88. The van der Waals surface area contributed by atoms with E-state index in [1.807, 2.05) is 18.2 Å². The minimum absolute atomic E-state index is 0.0211. The Labute approximate surface area is 161 Å². The van der Waals surface area contributed by atoms with E-state index < -0.39 is 0 Å². The third-order valence-corrected chi connectivity index (χ3v) is 6.48. The maximum absolute atomic E-state index is 12.9. The van der Waals surface area contributed by atoms with Crippen molar-refractivity contribution in [3.8, 4) is 11.5 Å². The fourth-order valence-electron chi connectivity index (χ4n) is 4.56. The molecule has 1 amide bonds. The molecule has 6 heteroatoms. The van der Waals surface area contributed by atoms with Crippen LogP contribution in [0.15, 0.2) is 18.2 Å². The Hall–Kier alpha value is -1.79. The van der Waals surface area contributed by atoms with Crippen molar-refractivity contribution < 1.29 is 19.0 Å². The van der Waals surface area contributed by atoms with Gasteiger partial charge in [-0.25, -0.2) is 0 Å². The van der Waals surface area contributed by atoms with Crippen LogP contribution in [0, 0.1) is 5.92 Å². The summed E-state index contributed by atoms with van der Waals surface area (Å²) in [5.41, 5.74) is 0.967. The van der Waals surface area contributed by atoms with E-state index in [-0.39, 0.29) is 22.8 Å². The van der Waals surface area contributed by atoms with Crippen LogP contribution in [-0.4, -0.2) is 62.9 Å². The molecule has 1 saturated carbocycles. The molecule has 6 nitrogen and oxygen atoms in total. The lowest BCUT2D eigenvalue weighted by molar-refractivity contribution is -0.123. The summed E-state index contributed by atoms with van der Waals surface area (Å²) in [6.07, 6.45) is 1.78. The molecule has 0 aromatic heterocycles. The van der Waals surface area contributed by atoms with Crippen LogP contribution in [0.25, 0.3) is 0 Å². The molecular formula is C21H30N2O4. The summed E-state index contributed by atoms with van der Waals surface area (Å²) in [6.45, 7) is 9.07. The number of nitrogens with one attached hydrogen (secondary N) is 1. The maximum Gasteiger partial charge on any atom is 0.224 e. The topological polar surface area (TPSA) is 60.0 Å². The van der Waals surface area contributed by atoms with Crippen molar-refractivity contribution in [3.63, 3.8) is 0 Å². The summed E-state index contributed by atoms with van der Waals surface area (Å²) in [6, 6.07) is 5.92. The fraction of sp³-hybridized carbons (Fsp3) is 0.667. The molecule has 27 heavy (non-hydrogen) atoms. The molecule has 148 valence electrons. The van der Waals surface area contributed by atoms with Crippen molar-refractivity contribution in [3.05, 3.63) is 23.8 Å². The van der Waals surface area contributed by atoms with E-state index in [1.54, 1.807) is 7.11 Å². The van der Waals surface area contributed by atoms with E-state index in [0.717, 1.165) is 56.2 Å². The van der Waals surface area contributed by atoms with Gasteiger partial charge in [0.25, 0.3) is 0 Å². The number of ether oxygens (including phenoxy) is 3. The average molecular weight is 374 g/mol. The van der Waals surface area contributed by atoms with E-state index in [4.69, 9.17) is 14.2 Å². The summed E-state index contributed by atoms with van der Waals surface area (Å²) in [4.78, 5) is 15.3. The summed E-state index contributed by atoms with van der Waals surface area (Å²) >= 11 is 0. The van der Waals surface area contributed by atoms with Crippen molar-refractivity contribution in [2.45, 2.75) is 37.6 Å². The monoisotopic (exact) mass is 374 g/mol. The minimum atomic E-state index is -0.0880. The number of nitrogens with zero attached hydrogens (tertiary/aromatic N) is 1. The van der Waals surface area contributed by atoms with Gasteiger partial charge in [0.15, 0.2) is 0 Å². The Morgan fingerprint density at radius 1 is 1.33 bits per heavy atom. The highest BCUT2D eigenvalue weighted by molar-refractivity contribution is 5.85. The highest BCUT2D eigenvalue weighted by Crippen LogP contribution is 2.61. The lowest BCUT2D eigenvalue weighted by atomic mass is 9.87. The first-order chi connectivity index (χ1) is 13.0. The Bertz CT molecular complexity index is 714. The second-order valence-electron chi connectivity index (χ2n) is 8.50. The van der Waals surface area contributed by atoms with Crippen molar-refractivity contribution >= 4 is 5.91 Å². The number of carbonyl (C=O) groups is 1. The van der Waals surface area contributed by atoms with Crippen LogP contribution >= 0.6 is 0 Å². The van der Waals surface area contributed by atoms with Gasteiger partial charge in [-0.15, -0.1) is 0 Å². The molecule has 1 saturated heterocycles. The van der Waals surface area contributed by atoms with Crippen LogP contribution < -0.4 is 14.8 Å². The first-order valence-corrected chi connectivity index (χ1v) is 9.88. The lowest BCUT2D eigenvalue weighted by Gasteiger charge is -2.41. The van der Waals surface area contributed by atoms with Gasteiger partial charge >= 0.3 is 0 Å². The van der Waals surface area contributed by atoms with Crippen molar-refractivity contribution in [1.82, 2.24) is 10.2 Å². The third kappa shape index (κ3) is 3.41. The number of rotatable bonds is 5. The highest BCUT2D eigenvalue weighted by atomic mass is 16.5. The summed E-state index contributed by atoms with van der Waals surface area (Å²) in [5.74, 6) is 1.89. The smallest absolute Gasteiger partial charge is 0.224 e. The molecule has 1 aromatic carbocycles. The zero-order valence-electron chi connectivity index (χ0n) is 16.5. The number of hydrogen-bond donors (Lipinski definition) is 1. The van der Waals surface area contributed by atoms with Crippen molar-refractivity contribution in [1.29, 1.82) is 0 Å². The molecule has 2 aliphatic heterocycles. The van der Waals surface area contributed by atoms with Crippen LogP contribution in [-0.2, 0) is 14.9 Å². The van der Waals surface area contributed by atoms with Crippen LogP contribution in [0.3, 0.4) is 0 Å². The number of carbonyl (C=O) groups excluding carboxylic acids is 1. The van der Waals surface area contributed by atoms with Gasteiger partial charge < -0.3 is 19.5 Å². The van der Waals surface area contributed by atoms with Gasteiger partial charge in [0.2, 0.25) is 5.91 Å². The predicted molar refractivity (Wildman–Crippen MR) is 102 cm³/mol. The van der Waals surface area contributed by atoms with Crippen molar-refractivity contribution in [2.75, 3.05) is 46.6 Å². The number of hydrogen-bond acceptors (Lipinski definition) is 5. The molecule has 0 radical (unpaired) electrons. The number of benzene rings is 1. The Balaban J connectivity index is 1.42. The van der Waals surface area contributed by atoms with Gasteiger partial charge in [-0.1, -0.05) is 0 Å². The molecule has 4 rings (SSSR count). The Kier molecular flexibility index (Phi) is 4.80. The van der Waals surface area contributed by atoms with Gasteiger partial charge in [0.1, 0.15) is 11.5 Å². The molecule has 2 atom stereocenters. The molecule has 3 aliphatic rings. The van der Waals surface area contributed by atoms with Crippen molar-refractivity contribution in [2.24, 2.45) is 5.92 Å². The predicted octanol–water partition coefficient (Wildman–Crippen LogP) is 1.96. The van der Waals surface area contributed by atoms with Gasteiger partial charge in [-0.2, -0.15) is 0 Å². The second-order valence-corrected chi connectivity index (χ2v) is 8.50. The lowest BCUT2D eigenvalue weighted by Crippen LogP contribution is -2.55. The van der Waals surface area contributed by atoms with Crippen LogP contribution in [0.5, 0.6) is 11.5 Å². The van der Waals surface area contributed by atoms with E-state index in [0.29, 0.717) is 13.2 Å². The number of fused-ring (bicyclic) bond motifs is 2. The van der Waals surface area contributed by atoms with Gasteiger partial charge in [0, 0.05) is 42.1 Å². The molecule has 1 aliphatic carbocycles. The van der Waals surface area contributed by atoms with Crippen LogP contribution in [0.2, 0.25) is 0 Å². The molecular weight excluding hydrogens is 344 g/mol. The van der Waals surface area contributed by atoms with E-state index in [1.165, 1.54) is 0 Å². The molecule has 1 aromatic rings. The van der Waals surface area contributed by atoms with Crippen LogP contribution in [0.4, 0.5) is 0 Å². The quantitative estimate of drug-likeness (QED) is 0.854. The highest BCUT2D eigenvalue weighted by Gasteiger charge is 2.61. The second kappa shape index (κ2) is 6.99. The average Bonchev–Trinajstić information content (AvgIpc) is 3.41. The number of methoxy groups -OCH3 is 1. The fourth-order valence-corrected chi connectivity index (χ4v) is 4.56. The van der Waals surface area contributed by atoms with E-state index in [2.05, 4.69) is 24.1 Å². The van der Waals surface area contributed by atoms with Crippen LogP contribution in [0.1, 0.15) is 32.3 Å². The first kappa shape index (κ1) is 18.6. The summed E-state index contributed by atoms with van der Waals surface area (Å²) < 4.78 is 16.6. The van der Waals surface area contributed by atoms with E-state index in [9.17, 15) is 4.79 Å². The normalized spacial score (nSPS) is 27.6. The third-order valence-electron chi connectivity index (χ3n) is 6.48. The molecule has 2 heterocycles. The summed E-state index contributed by atoms with van der Waals surface area (Å²) in [5, 5.41) is 3.22. The minimum Gasteiger partial charge on any atom is -0.497 e. The zero-order valence-corrected chi connectivity index (χ0v) is 16.5. The molecule has 0 bridgehead atoms. The SMILES string of the molecule is COc1ccc2c(c1)[C@@]1(CCO2)C[C@@H]1C(=O)NCC(C)(C)N1CCOCC1. The molecule has 0 unspecified atom stereocenters. The zero-order chi connectivity index (χ0) is 19.1. The van der Waals surface area contributed by atoms with Gasteiger partial charge in [-0.05, 0) is 44.9 Å². The maximum atomic E-state index is 12.9. The molecule has 1 spiro atoms. The summed E-state index contributed by atoms with van der Waals surface area (Å²) in [7, 11) is 1.67.